The van der Waals surface area contributed by atoms with E-state index in [2.05, 4.69) is 6.07 Å². The van der Waals surface area contributed by atoms with Crippen LogP contribution in [0.2, 0.25) is 0 Å². The van der Waals surface area contributed by atoms with Gasteiger partial charge in [-0.2, -0.15) is 5.26 Å². The summed E-state index contributed by atoms with van der Waals surface area (Å²) >= 11 is 0. The summed E-state index contributed by atoms with van der Waals surface area (Å²) in [7, 11) is 0. The Labute approximate surface area is 91.7 Å². The topological polar surface area (TPSA) is 63.0 Å². The summed E-state index contributed by atoms with van der Waals surface area (Å²) in [5.41, 5.74) is 8.24. The normalized spacial score (nSPS) is 10.7. The fourth-order valence-corrected chi connectivity index (χ4v) is 1.95. The average Bonchev–Trinajstić information content (AvgIpc) is 2.68. The Bertz CT molecular complexity index is 735. The summed E-state index contributed by atoms with van der Waals surface area (Å²) in [6.45, 7) is 0. The molecule has 0 fully saturated rings. The summed E-state index contributed by atoms with van der Waals surface area (Å²) in [6.07, 6.45) is 0. The Balaban J connectivity index is 2.64. The lowest BCUT2D eigenvalue weighted by Gasteiger charge is -1.97. The lowest BCUT2D eigenvalue weighted by molar-refractivity contribution is 0.669. The predicted octanol–water partition coefficient (Wildman–Crippen LogP) is 3.04. The zero-order valence-electron chi connectivity index (χ0n) is 8.40. The van der Waals surface area contributed by atoms with E-state index in [1.807, 2.05) is 24.3 Å². The van der Waals surface area contributed by atoms with Crippen molar-refractivity contribution in [3.63, 3.8) is 0 Å². The largest absolute Gasteiger partial charge is 0.456 e. The number of hydrogen-bond acceptors (Lipinski definition) is 3. The van der Waals surface area contributed by atoms with Crippen molar-refractivity contribution >= 4 is 27.6 Å². The van der Waals surface area contributed by atoms with Crippen LogP contribution in [0.4, 0.5) is 5.69 Å². The second-order valence-corrected chi connectivity index (χ2v) is 3.61. The maximum atomic E-state index is 9.12. The third-order valence-electron chi connectivity index (χ3n) is 2.69. The van der Waals surface area contributed by atoms with Gasteiger partial charge in [-0.25, -0.2) is 0 Å². The van der Waals surface area contributed by atoms with Gasteiger partial charge in [0.2, 0.25) is 0 Å². The summed E-state index contributed by atoms with van der Waals surface area (Å²) in [6, 6.07) is 13.3. The molecule has 0 saturated heterocycles. The molecule has 2 aromatic carbocycles. The number of fused-ring (bicyclic) bond motifs is 3. The lowest BCUT2D eigenvalue weighted by Crippen LogP contribution is -1.89. The molecule has 0 aliphatic rings. The molecule has 3 nitrogen and oxygen atoms in total. The molecule has 16 heavy (non-hydrogen) atoms. The summed E-state index contributed by atoms with van der Waals surface area (Å²) < 4.78 is 5.64. The van der Waals surface area contributed by atoms with Crippen LogP contribution in [0.1, 0.15) is 5.56 Å². The highest BCUT2D eigenvalue weighted by molar-refractivity contribution is 6.09. The van der Waals surface area contributed by atoms with Gasteiger partial charge in [-0.1, -0.05) is 18.2 Å². The van der Waals surface area contributed by atoms with Crippen LogP contribution >= 0.6 is 0 Å². The number of benzene rings is 2. The fraction of sp³-hybridized carbons (Fsp3) is 0. The van der Waals surface area contributed by atoms with Crippen molar-refractivity contribution in [2.75, 3.05) is 5.73 Å². The van der Waals surface area contributed by atoms with Gasteiger partial charge in [0.1, 0.15) is 17.2 Å². The Kier molecular flexibility index (Phi) is 1.66. The first-order valence-corrected chi connectivity index (χ1v) is 4.91. The van der Waals surface area contributed by atoms with E-state index in [0.717, 1.165) is 16.4 Å². The van der Waals surface area contributed by atoms with E-state index in [-0.39, 0.29) is 0 Å². The van der Waals surface area contributed by atoms with E-state index in [4.69, 9.17) is 15.4 Å². The Morgan fingerprint density at radius 2 is 1.88 bits per heavy atom. The van der Waals surface area contributed by atoms with Gasteiger partial charge in [0.05, 0.1) is 11.3 Å². The minimum atomic E-state index is 0.488. The maximum Gasteiger partial charge on any atom is 0.136 e. The van der Waals surface area contributed by atoms with Crippen molar-refractivity contribution in [1.82, 2.24) is 0 Å². The second kappa shape index (κ2) is 3.01. The molecule has 0 radical (unpaired) electrons. The molecule has 0 aliphatic carbocycles. The van der Waals surface area contributed by atoms with E-state index in [9.17, 15) is 0 Å². The number of furan rings is 1. The molecule has 0 atom stereocenters. The monoisotopic (exact) mass is 208 g/mol. The Hall–Kier alpha value is -2.47. The number of nitrogen functional groups attached to an aromatic ring is 1. The standard InChI is InChI=1S/C13H8N2O/c14-7-9-10(15)5-6-12-13(9)8-3-1-2-4-11(8)16-12/h1-6H,15H2. The van der Waals surface area contributed by atoms with Gasteiger partial charge in [-0.3, -0.25) is 0 Å². The molecule has 3 heteroatoms. The highest BCUT2D eigenvalue weighted by Crippen LogP contribution is 2.33. The van der Waals surface area contributed by atoms with E-state index in [1.54, 1.807) is 12.1 Å². The van der Waals surface area contributed by atoms with E-state index >= 15 is 0 Å². The SMILES string of the molecule is N#Cc1c(N)ccc2oc3ccccc3c12. The molecule has 0 spiro atoms. The molecule has 0 unspecified atom stereocenters. The maximum absolute atomic E-state index is 9.12. The smallest absolute Gasteiger partial charge is 0.136 e. The number of nitrogens with zero attached hydrogens (tertiary/aromatic N) is 1. The number of para-hydroxylation sites is 1. The van der Waals surface area contributed by atoms with E-state index in [0.29, 0.717) is 16.8 Å². The molecular formula is C13H8N2O. The average molecular weight is 208 g/mol. The highest BCUT2D eigenvalue weighted by Gasteiger charge is 2.12. The quantitative estimate of drug-likeness (QED) is 0.577. The first-order valence-electron chi connectivity index (χ1n) is 4.91. The molecule has 0 amide bonds. The van der Waals surface area contributed by atoms with Crippen LogP contribution < -0.4 is 5.73 Å². The third-order valence-corrected chi connectivity index (χ3v) is 2.69. The van der Waals surface area contributed by atoms with Crippen LogP contribution in [-0.4, -0.2) is 0 Å². The number of rotatable bonds is 0. The van der Waals surface area contributed by atoms with Crippen molar-refractivity contribution in [1.29, 1.82) is 5.26 Å². The van der Waals surface area contributed by atoms with Crippen LogP contribution in [-0.2, 0) is 0 Å². The van der Waals surface area contributed by atoms with Crippen LogP contribution in [0, 0.1) is 11.3 Å². The van der Waals surface area contributed by atoms with E-state index < -0.39 is 0 Å². The second-order valence-electron chi connectivity index (χ2n) is 3.61. The lowest BCUT2D eigenvalue weighted by atomic mass is 10.1. The molecule has 0 bridgehead atoms. The van der Waals surface area contributed by atoms with Crippen LogP contribution in [0.25, 0.3) is 21.9 Å². The molecule has 2 N–H and O–H groups in total. The summed E-state index contributed by atoms with van der Waals surface area (Å²) in [4.78, 5) is 0. The number of anilines is 1. The zero-order valence-corrected chi connectivity index (χ0v) is 8.40. The van der Waals surface area contributed by atoms with Gasteiger partial charge in [-0.15, -0.1) is 0 Å². The molecule has 0 aliphatic heterocycles. The first-order chi connectivity index (χ1) is 7.81. The summed E-state index contributed by atoms with van der Waals surface area (Å²) in [5, 5.41) is 10.9. The van der Waals surface area contributed by atoms with Gasteiger partial charge in [-0.05, 0) is 18.2 Å². The minimum Gasteiger partial charge on any atom is -0.456 e. The van der Waals surface area contributed by atoms with Gasteiger partial charge < -0.3 is 10.2 Å². The summed E-state index contributed by atoms with van der Waals surface area (Å²) in [5.74, 6) is 0. The molecule has 1 heterocycles. The van der Waals surface area contributed by atoms with Crippen molar-refractivity contribution in [3.05, 3.63) is 42.0 Å². The van der Waals surface area contributed by atoms with Gasteiger partial charge >= 0.3 is 0 Å². The Morgan fingerprint density at radius 1 is 1.06 bits per heavy atom. The molecule has 1 aromatic heterocycles. The molecule has 3 aromatic rings. The molecule has 3 rings (SSSR count). The van der Waals surface area contributed by atoms with Crippen molar-refractivity contribution in [2.24, 2.45) is 0 Å². The van der Waals surface area contributed by atoms with Gasteiger partial charge in [0.25, 0.3) is 0 Å². The first kappa shape index (κ1) is 8.81. The molecular weight excluding hydrogens is 200 g/mol. The number of nitrogens with two attached hydrogens (primary N) is 1. The van der Waals surface area contributed by atoms with Crippen molar-refractivity contribution in [3.8, 4) is 6.07 Å². The van der Waals surface area contributed by atoms with Crippen molar-refractivity contribution < 1.29 is 4.42 Å². The third kappa shape index (κ3) is 1.01. The highest BCUT2D eigenvalue weighted by atomic mass is 16.3. The van der Waals surface area contributed by atoms with Gasteiger partial charge in [0.15, 0.2) is 0 Å². The number of hydrogen-bond donors (Lipinski definition) is 1. The van der Waals surface area contributed by atoms with Crippen LogP contribution in [0.15, 0.2) is 40.8 Å². The molecule has 76 valence electrons. The number of nitriles is 1. The van der Waals surface area contributed by atoms with Crippen LogP contribution in [0.5, 0.6) is 0 Å². The fourth-order valence-electron chi connectivity index (χ4n) is 1.95. The predicted molar refractivity (Wildman–Crippen MR) is 62.8 cm³/mol. The molecule has 0 saturated carbocycles. The minimum absolute atomic E-state index is 0.488. The zero-order chi connectivity index (χ0) is 11.1. The van der Waals surface area contributed by atoms with Crippen LogP contribution in [0.3, 0.4) is 0 Å². The van der Waals surface area contributed by atoms with E-state index in [1.165, 1.54) is 0 Å². The Morgan fingerprint density at radius 3 is 2.69 bits per heavy atom. The van der Waals surface area contributed by atoms with Gasteiger partial charge in [0, 0.05) is 10.8 Å². The van der Waals surface area contributed by atoms with Crippen molar-refractivity contribution in [2.45, 2.75) is 0 Å².